The van der Waals surface area contributed by atoms with Gasteiger partial charge in [0, 0.05) is 10.6 Å². The van der Waals surface area contributed by atoms with Crippen LogP contribution in [0.1, 0.15) is 15.9 Å². The molecule has 0 bridgehead atoms. The highest BCUT2D eigenvalue weighted by molar-refractivity contribution is 7.80. The van der Waals surface area contributed by atoms with Crippen molar-refractivity contribution in [3.63, 3.8) is 0 Å². The van der Waals surface area contributed by atoms with Gasteiger partial charge < -0.3 is 10.8 Å². The predicted molar refractivity (Wildman–Crippen MR) is 49.8 cm³/mol. The molecule has 0 fully saturated rings. The maximum atomic E-state index is 10.6. The minimum absolute atomic E-state index is 0.140. The molecule has 0 aliphatic heterocycles. The van der Waals surface area contributed by atoms with E-state index in [9.17, 15) is 4.79 Å². The molecule has 1 aromatic rings. The van der Waals surface area contributed by atoms with Crippen molar-refractivity contribution in [2.45, 2.75) is 11.8 Å². The van der Waals surface area contributed by atoms with Gasteiger partial charge in [-0.25, -0.2) is 4.79 Å². The molecular weight excluding hydrogens is 174 g/mol. The molecule has 3 N–H and O–H groups in total. The van der Waals surface area contributed by atoms with Gasteiger partial charge in [-0.15, -0.1) is 12.6 Å². The number of nitrogen functional groups attached to an aromatic ring is 1. The summed E-state index contributed by atoms with van der Waals surface area (Å²) in [6.07, 6.45) is 0. The average molecular weight is 183 g/mol. The lowest BCUT2D eigenvalue weighted by molar-refractivity contribution is 0.0693. The van der Waals surface area contributed by atoms with Crippen LogP contribution in [0.3, 0.4) is 0 Å². The highest BCUT2D eigenvalue weighted by Gasteiger charge is 2.10. The van der Waals surface area contributed by atoms with Crippen LogP contribution in [0.15, 0.2) is 17.0 Å². The fourth-order valence-corrected chi connectivity index (χ4v) is 1.23. The maximum Gasteiger partial charge on any atom is 0.336 e. The van der Waals surface area contributed by atoms with Crippen molar-refractivity contribution < 1.29 is 9.90 Å². The smallest absolute Gasteiger partial charge is 0.336 e. The standard InChI is InChI=1S/C8H9NO2S/c1-4-2-3-5(8(10)11)7(12)6(4)9/h2-3,12H,9H2,1H3,(H,10,11). The molecule has 4 heteroatoms. The second-order valence-corrected chi connectivity index (χ2v) is 2.94. The second kappa shape index (κ2) is 3.06. The first-order valence-electron chi connectivity index (χ1n) is 3.35. The van der Waals surface area contributed by atoms with Gasteiger partial charge in [0.05, 0.1) is 5.56 Å². The molecule has 0 aromatic heterocycles. The first-order valence-corrected chi connectivity index (χ1v) is 3.80. The molecule has 12 heavy (non-hydrogen) atoms. The van der Waals surface area contributed by atoms with Gasteiger partial charge in [0.15, 0.2) is 0 Å². The summed E-state index contributed by atoms with van der Waals surface area (Å²) in [6, 6.07) is 3.16. The summed E-state index contributed by atoms with van der Waals surface area (Å²) in [4.78, 5) is 10.9. The highest BCUT2D eigenvalue weighted by Crippen LogP contribution is 2.24. The van der Waals surface area contributed by atoms with Gasteiger partial charge >= 0.3 is 5.97 Å². The molecule has 1 rings (SSSR count). The molecule has 3 nitrogen and oxygen atoms in total. The number of thiol groups is 1. The van der Waals surface area contributed by atoms with E-state index in [0.717, 1.165) is 5.56 Å². The first-order chi connectivity index (χ1) is 5.54. The Morgan fingerprint density at radius 3 is 2.67 bits per heavy atom. The Labute approximate surface area is 75.6 Å². The molecule has 64 valence electrons. The zero-order valence-electron chi connectivity index (χ0n) is 6.53. The van der Waals surface area contributed by atoms with Gasteiger partial charge in [0.1, 0.15) is 0 Å². The largest absolute Gasteiger partial charge is 0.478 e. The summed E-state index contributed by atoms with van der Waals surface area (Å²) in [6.45, 7) is 1.81. The number of nitrogens with two attached hydrogens (primary N) is 1. The number of carboxylic acid groups (broad SMARTS) is 1. The number of carbonyl (C=O) groups is 1. The number of aryl methyl sites for hydroxylation is 1. The van der Waals surface area contributed by atoms with Gasteiger partial charge in [-0.2, -0.15) is 0 Å². The Hall–Kier alpha value is -1.16. The van der Waals surface area contributed by atoms with Crippen LogP contribution in [0.5, 0.6) is 0 Å². The third kappa shape index (κ3) is 1.38. The molecule has 0 heterocycles. The van der Waals surface area contributed by atoms with E-state index < -0.39 is 5.97 Å². The summed E-state index contributed by atoms with van der Waals surface area (Å²) in [5.41, 5.74) is 6.99. The average Bonchev–Trinajstić information content (AvgIpc) is 2.00. The molecule has 0 aliphatic carbocycles. The molecule has 0 atom stereocenters. The molecular formula is C8H9NO2S. The van der Waals surface area contributed by atoms with Gasteiger partial charge in [0.2, 0.25) is 0 Å². The minimum atomic E-state index is -1.01. The van der Waals surface area contributed by atoms with Crippen molar-refractivity contribution in [2.24, 2.45) is 0 Å². The first kappa shape index (κ1) is 8.93. The number of carboxylic acids is 1. The van der Waals surface area contributed by atoms with Crippen molar-refractivity contribution >= 4 is 24.3 Å². The monoisotopic (exact) mass is 183 g/mol. The fraction of sp³-hybridized carbons (Fsp3) is 0.125. The Morgan fingerprint density at radius 2 is 2.17 bits per heavy atom. The van der Waals surface area contributed by atoms with Crippen LogP contribution < -0.4 is 5.73 Å². The van der Waals surface area contributed by atoms with E-state index in [0.29, 0.717) is 10.6 Å². The number of hydrogen-bond donors (Lipinski definition) is 3. The number of aromatic carboxylic acids is 1. The maximum absolute atomic E-state index is 10.6. The molecule has 0 radical (unpaired) electrons. The number of hydrogen-bond acceptors (Lipinski definition) is 3. The van der Waals surface area contributed by atoms with Gasteiger partial charge in [0.25, 0.3) is 0 Å². The van der Waals surface area contributed by atoms with E-state index in [4.69, 9.17) is 10.8 Å². The van der Waals surface area contributed by atoms with E-state index in [1.165, 1.54) is 6.07 Å². The highest BCUT2D eigenvalue weighted by atomic mass is 32.1. The fourth-order valence-electron chi connectivity index (χ4n) is 0.881. The van der Waals surface area contributed by atoms with Crippen LogP contribution in [0.4, 0.5) is 5.69 Å². The second-order valence-electron chi connectivity index (χ2n) is 2.50. The van der Waals surface area contributed by atoms with E-state index in [1.807, 2.05) is 0 Å². The van der Waals surface area contributed by atoms with Crippen molar-refractivity contribution in [3.8, 4) is 0 Å². The Bertz CT molecular complexity index is 336. The Balaban J connectivity index is 3.36. The van der Waals surface area contributed by atoms with E-state index in [2.05, 4.69) is 12.6 Å². The topological polar surface area (TPSA) is 63.3 Å². The van der Waals surface area contributed by atoms with Gasteiger partial charge in [-0.1, -0.05) is 6.07 Å². The van der Waals surface area contributed by atoms with Crippen molar-refractivity contribution in [1.29, 1.82) is 0 Å². The molecule has 0 unspecified atom stereocenters. The summed E-state index contributed by atoms with van der Waals surface area (Å²) >= 11 is 4.01. The minimum Gasteiger partial charge on any atom is -0.478 e. The lowest BCUT2D eigenvalue weighted by atomic mass is 10.1. The summed E-state index contributed by atoms with van der Waals surface area (Å²) in [5, 5.41) is 8.68. The molecule has 0 amide bonds. The molecule has 0 aliphatic rings. The lowest BCUT2D eigenvalue weighted by Crippen LogP contribution is -2.01. The van der Waals surface area contributed by atoms with E-state index in [1.54, 1.807) is 13.0 Å². The van der Waals surface area contributed by atoms with E-state index >= 15 is 0 Å². The van der Waals surface area contributed by atoms with Crippen molar-refractivity contribution in [1.82, 2.24) is 0 Å². The molecule has 0 saturated heterocycles. The summed E-state index contributed by atoms with van der Waals surface area (Å²) < 4.78 is 0. The number of benzene rings is 1. The van der Waals surface area contributed by atoms with Crippen LogP contribution in [-0.2, 0) is 0 Å². The predicted octanol–water partition coefficient (Wildman–Crippen LogP) is 1.56. The van der Waals surface area contributed by atoms with E-state index in [-0.39, 0.29) is 5.56 Å². The van der Waals surface area contributed by atoms with Crippen LogP contribution in [-0.4, -0.2) is 11.1 Å². The molecule has 0 saturated carbocycles. The molecule has 1 aromatic carbocycles. The number of rotatable bonds is 1. The normalized spacial score (nSPS) is 9.83. The van der Waals surface area contributed by atoms with Crippen LogP contribution in [0.25, 0.3) is 0 Å². The molecule has 0 spiro atoms. The Morgan fingerprint density at radius 1 is 1.58 bits per heavy atom. The van der Waals surface area contributed by atoms with Crippen molar-refractivity contribution in [2.75, 3.05) is 5.73 Å². The Kier molecular flexibility index (Phi) is 2.28. The van der Waals surface area contributed by atoms with Crippen LogP contribution in [0, 0.1) is 6.92 Å². The quantitative estimate of drug-likeness (QED) is 0.457. The van der Waals surface area contributed by atoms with Crippen LogP contribution >= 0.6 is 12.6 Å². The lowest BCUT2D eigenvalue weighted by Gasteiger charge is -2.05. The zero-order valence-corrected chi connectivity index (χ0v) is 7.43. The SMILES string of the molecule is Cc1ccc(C(=O)O)c(S)c1N. The summed E-state index contributed by atoms with van der Waals surface area (Å²) in [5.74, 6) is -1.01. The summed E-state index contributed by atoms with van der Waals surface area (Å²) in [7, 11) is 0. The van der Waals surface area contributed by atoms with Gasteiger partial charge in [-0.3, -0.25) is 0 Å². The van der Waals surface area contributed by atoms with Gasteiger partial charge in [-0.05, 0) is 18.6 Å². The zero-order chi connectivity index (χ0) is 9.30. The number of anilines is 1. The third-order valence-corrected chi connectivity index (χ3v) is 2.15. The van der Waals surface area contributed by atoms with Crippen molar-refractivity contribution in [3.05, 3.63) is 23.3 Å². The van der Waals surface area contributed by atoms with Crippen LogP contribution in [0.2, 0.25) is 0 Å². The third-order valence-electron chi connectivity index (χ3n) is 1.67.